The standard InChI is InChI=1S/C19H14Cl2N2O2S/c20-14-8-9-17(21)18(12-14)26(24,25)23-11-10-22-19(23)16-7-3-5-13-4-1-2-6-15(13)16/h1-9,12H,10-11H2. The van der Waals surface area contributed by atoms with E-state index in [9.17, 15) is 8.42 Å². The summed E-state index contributed by atoms with van der Waals surface area (Å²) in [4.78, 5) is 4.46. The molecule has 0 amide bonds. The molecule has 1 aliphatic heterocycles. The van der Waals surface area contributed by atoms with Crippen LogP contribution in [-0.4, -0.2) is 31.6 Å². The molecule has 0 saturated heterocycles. The van der Waals surface area contributed by atoms with Gasteiger partial charge in [-0.25, -0.2) is 12.7 Å². The minimum absolute atomic E-state index is 0.0125. The molecule has 7 heteroatoms. The van der Waals surface area contributed by atoms with E-state index in [-0.39, 0.29) is 16.5 Å². The van der Waals surface area contributed by atoms with Crippen molar-refractivity contribution in [3.8, 4) is 0 Å². The molecular formula is C19H14Cl2N2O2S. The van der Waals surface area contributed by atoms with Crippen LogP contribution in [0.25, 0.3) is 10.8 Å². The van der Waals surface area contributed by atoms with E-state index in [1.165, 1.54) is 16.4 Å². The minimum atomic E-state index is -3.87. The number of fused-ring (bicyclic) bond motifs is 1. The fourth-order valence-corrected chi connectivity index (χ4v) is 5.28. The number of nitrogens with zero attached hydrogens (tertiary/aromatic N) is 2. The van der Waals surface area contributed by atoms with Crippen molar-refractivity contribution in [1.82, 2.24) is 4.31 Å². The molecule has 0 radical (unpaired) electrons. The maximum atomic E-state index is 13.2. The highest BCUT2D eigenvalue weighted by molar-refractivity contribution is 7.89. The first kappa shape index (κ1) is 17.3. The van der Waals surface area contributed by atoms with Gasteiger partial charge in [-0.15, -0.1) is 0 Å². The Morgan fingerprint density at radius 1 is 0.962 bits per heavy atom. The van der Waals surface area contributed by atoms with Crippen LogP contribution >= 0.6 is 23.2 Å². The maximum absolute atomic E-state index is 13.2. The van der Waals surface area contributed by atoms with Gasteiger partial charge < -0.3 is 0 Å². The van der Waals surface area contributed by atoms with Crippen molar-refractivity contribution < 1.29 is 8.42 Å². The average molecular weight is 405 g/mol. The van der Waals surface area contributed by atoms with Gasteiger partial charge in [-0.3, -0.25) is 4.99 Å². The lowest BCUT2D eigenvalue weighted by molar-refractivity contribution is 0.538. The zero-order valence-electron chi connectivity index (χ0n) is 13.6. The van der Waals surface area contributed by atoms with Crippen LogP contribution in [0.2, 0.25) is 10.0 Å². The molecule has 0 spiro atoms. The molecule has 0 N–H and O–H groups in total. The van der Waals surface area contributed by atoms with Crippen molar-refractivity contribution in [2.45, 2.75) is 4.90 Å². The van der Waals surface area contributed by atoms with E-state index in [4.69, 9.17) is 23.2 Å². The summed E-state index contributed by atoms with van der Waals surface area (Å²) in [5.41, 5.74) is 0.780. The lowest BCUT2D eigenvalue weighted by Gasteiger charge is -2.22. The molecule has 0 unspecified atom stereocenters. The summed E-state index contributed by atoms with van der Waals surface area (Å²) >= 11 is 12.1. The van der Waals surface area contributed by atoms with Crippen LogP contribution in [0.3, 0.4) is 0 Å². The zero-order chi connectivity index (χ0) is 18.3. The number of hydrogen-bond acceptors (Lipinski definition) is 3. The Morgan fingerprint density at radius 2 is 1.73 bits per heavy atom. The summed E-state index contributed by atoms with van der Waals surface area (Å²) in [5, 5.41) is 2.43. The fourth-order valence-electron chi connectivity index (χ4n) is 3.10. The average Bonchev–Trinajstić information content (AvgIpc) is 3.13. The first-order chi connectivity index (χ1) is 12.5. The summed E-state index contributed by atoms with van der Waals surface area (Å²) in [5.74, 6) is 0.429. The smallest absolute Gasteiger partial charge is 0.265 e. The van der Waals surface area contributed by atoms with Gasteiger partial charge in [0.15, 0.2) is 0 Å². The minimum Gasteiger partial charge on any atom is -0.265 e. The zero-order valence-corrected chi connectivity index (χ0v) is 15.9. The molecule has 1 heterocycles. The topological polar surface area (TPSA) is 49.7 Å². The van der Waals surface area contributed by atoms with Crippen LogP contribution < -0.4 is 0 Å². The second-order valence-electron chi connectivity index (χ2n) is 5.88. The van der Waals surface area contributed by atoms with Gasteiger partial charge in [0.1, 0.15) is 10.7 Å². The van der Waals surface area contributed by atoms with Crippen molar-refractivity contribution in [3.05, 3.63) is 76.3 Å². The second-order valence-corrected chi connectivity index (χ2v) is 8.56. The number of hydrogen-bond donors (Lipinski definition) is 0. The van der Waals surface area contributed by atoms with Crippen molar-refractivity contribution in [1.29, 1.82) is 0 Å². The Morgan fingerprint density at radius 3 is 2.58 bits per heavy atom. The monoisotopic (exact) mass is 404 g/mol. The highest BCUT2D eigenvalue weighted by atomic mass is 35.5. The molecule has 1 aliphatic rings. The summed E-state index contributed by atoms with van der Waals surface area (Å²) < 4.78 is 27.8. The van der Waals surface area contributed by atoms with Gasteiger partial charge >= 0.3 is 0 Å². The van der Waals surface area contributed by atoms with Gasteiger partial charge in [-0.2, -0.15) is 0 Å². The van der Waals surface area contributed by atoms with Crippen molar-refractivity contribution in [2.75, 3.05) is 13.1 Å². The van der Waals surface area contributed by atoms with Gasteiger partial charge in [0.25, 0.3) is 10.0 Å². The number of halogens is 2. The molecule has 132 valence electrons. The Hall–Kier alpha value is -2.08. The Bertz CT molecular complexity index is 1140. The molecule has 0 saturated carbocycles. The third-order valence-electron chi connectivity index (χ3n) is 4.29. The third-order valence-corrected chi connectivity index (χ3v) is 6.80. The predicted molar refractivity (Wildman–Crippen MR) is 106 cm³/mol. The van der Waals surface area contributed by atoms with Crippen LogP contribution in [0.4, 0.5) is 0 Å². The van der Waals surface area contributed by atoms with Crippen molar-refractivity contribution >= 4 is 49.8 Å². The molecule has 3 aromatic carbocycles. The Balaban J connectivity index is 1.85. The third kappa shape index (κ3) is 2.86. The van der Waals surface area contributed by atoms with Crippen LogP contribution in [0.1, 0.15) is 5.56 Å². The van der Waals surface area contributed by atoms with Gasteiger partial charge in [0.2, 0.25) is 0 Å². The number of rotatable bonds is 3. The molecule has 0 atom stereocenters. The summed E-state index contributed by atoms with van der Waals surface area (Å²) in [6, 6.07) is 18.0. The van der Waals surface area contributed by atoms with E-state index in [1.807, 2.05) is 42.5 Å². The molecule has 0 aliphatic carbocycles. The first-order valence-electron chi connectivity index (χ1n) is 7.99. The first-order valence-corrected chi connectivity index (χ1v) is 10.2. The molecule has 0 aromatic heterocycles. The van der Waals surface area contributed by atoms with Crippen molar-refractivity contribution in [2.24, 2.45) is 4.99 Å². The molecular weight excluding hydrogens is 391 g/mol. The molecule has 0 fully saturated rings. The second kappa shape index (κ2) is 6.58. The van der Waals surface area contributed by atoms with Crippen molar-refractivity contribution in [3.63, 3.8) is 0 Å². The molecule has 3 aromatic rings. The number of amidine groups is 1. The lowest BCUT2D eigenvalue weighted by Crippen LogP contribution is -2.35. The van der Waals surface area contributed by atoms with Gasteiger partial charge in [0.05, 0.1) is 18.1 Å². The van der Waals surface area contributed by atoms with Gasteiger partial charge in [-0.05, 0) is 29.0 Å². The summed E-state index contributed by atoms with van der Waals surface area (Å²) in [7, 11) is -3.87. The molecule has 26 heavy (non-hydrogen) atoms. The highest BCUT2D eigenvalue weighted by Crippen LogP contribution is 2.31. The van der Waals surface area contributed by atoms with E-state index in [0.717, 1.165) is 16.3 Å². The Labute approximate surface area is 161 Å². The van der Waals surface area contributed by atoms with Crippen LogP contribution in [-0.2, 0) is 10.0 Å². The largest absolute Gasteiger partial charge is 0.267 e. The quantitative estimate of drug-likeness (QED) is 0.640. The predicted octanol–water partition coefficient (Wildman–Crippen LogP) is 4.60. The fraction of sp³-hybridized carbons (Fsp3) is 0.105. The molecule has 4 rings (SSSR count). The SMILES string of the molecule is O=S(=O)(c1cc(Cl)ccc1Cl)N1CCN=C1c1cccc2ccccc12. The van der Waals surface area contributed by atoms with E-state index in [2.05, 4.69) is 4.99 Å². The van der Waals surface area contributed by atoms with E-state index < -0.39 is 10.0 Å². The lowest BCUT2D eigenvalue weighted by atomic mass is 10.0. The summed E-state index contributed by atoms with van der Waals surface area (Å²) in [6.07, 6.45) is 0. The van der Waals surface area contributed by atoms with Crippen LogP contribution in [0, 0.1) is 0 Å². The molecule has 4 nitrogen and oxygen atoms in total. The maximum Gasteiger partial charge on any atom is 0.267 e. The number of benzene rings is 3. The highest BCUT2D eigenvalue weighted by Gasteiger charge is 2.33. The Kier molecular flexibility index (Phi) is 4.39. The number of aliphatic imine (C=N–C) groups is 1. The normalized spacial score (nSPS) is 14.7. The number of sulfonamides is 1. The van der Waals surface area contributed by atoms with Gasteiger partial charge in [0, 0.05) is 10.6 Å². The van der Waals surface area contributed by atoms with Crippen LogP contribution in [0.15, 0.2) is 70.6 Å². The van der Waals surface area contributed by atoms with Crippen LogP contribution in [0.5, 0.6) is 0 Å². The van der Waals surface area contributed by atoms with Gasteiger partial charge in [-0.1, -0.05) is 65.7 Å². The van der Waals surface area contributed by atoms with E-state index >= 15 is 0 Å². The summed E-state index contributed by atoms with van der Waals surface area (Å²) in [6.45, 7) is 0.666. The van der Waals surface area contributed by atoms with E-state index in [1.54, 1.807) is 6.07 Å². The molecule has 0 bridgehead atoms. The van der Waals surface area contributed by atoms with E-state index in [0.29, 0.717) is 17.4 Å².